The Morgan fingerprint density at radius 3 is 2.89 bits per heavy atom. The Kier molecular flexibility index (Phi) is 5.36. The lowest BCUT2D eigenvalue weighted by molar-refractivity contribution is 0.302. The second-order valence-corrected chi connectivity index (χ2v) is 5.45. The number of aromatic nitrogens is 1. The van der Waals surface area contributed by atoms with E-state index in [-0.39, 0.29) is 0 Å². The van der Waals surface area contributed by atoms with Crippen LogP contribution in [0.2, 0.25) is 0 Å². The average molecular weight is 276 g/mol. The Labute approximate surface area is 118 Å². The molecule has 0 fully saturated rings. The van der Waals surface area contributed by atoms with E-state index < -0.39 is 0 Å². The van der Waals surface area contributed by atoms with Crippen molar-refractivity contribution >= 4 is 11.3 Å². The zero-order valence-corrected chi connectivity index (χ0v) is 12.3. The molecule has 0 bridgehead atoms. The lowest BCUT2D eigenvalue weighted by Crippen LogP contribution is -2.10. The highest BCUT2D eigenvalue weighted by Crippen LogP contribution is 2.21. The van der Waals surface area contributed by atoms with Gasteiger partial charge in [-0.1, -0.05) is 32.0 Å². The van der Waals surface area contributed by atoms with E-state index in [1.165, 1.54) is 10.4 Å². The number of aryl methyl sites for hydroxylation is 1. The van der Waals surface area contributed by atoms with Crippen LogP contribution in [0.1, 0.15) is 29.3 Å². The van der Waals surface area contributed by atoms with Crippen LogP contribution in [-0.2, 0) is 19.6 Å². The summed E-state index contributed by atoms with van der Waals surface area (Å²) in [6, 6.07) is 8.18. The Hall–Kier alpha value is -1.39. The Balaban J connectivity index is 1.93. The molecule has 1 N–H and O–H groups in total. The number of hydrogen-bond acceptors (Lipinski definition) is 4. The normalized spacial score (nSPS) is 10.6. The van der Waals surface area contributed by atoms with Crippen molar-refractivity contribution < 1.29 is 4.74 Å². The molecule has 0 spiro atoms. The molecular formula is C15H20N2OS. The third-order valence-corrected chi connectivity index (χ3v) is 3.83. The molecule has 4 heteroatoms. The van der Waals surface area contributed by atoms with Crippen molar-refractivity contribution in [2.45, 2.75) is 33.4 Å². The molecule has 0 aliphatic rings. The summed E-state index contributed by atoms with van der Waals surface area (Å²) < 4.78 is 5.86. The van der Waals surface area contributed by atoms with Crippen LogP contribution in [0.25, 0.3) is 0 Å². The van der Waals surface area contributed by atoms with E-state index in [2.05, 4.69) is 30.2 Å². The van der Waals surface area contributed by atoms with Crippen LogP contribution < -0.4 is 10.1 Å². The minimum absolute atomic E-state index is 0.549. The summed E-state index contributed by atoms with van der Waals surface area (Å²) in [5.74, 6) is 0.966. The van der Waals surface area contributed by atoms with Crippen molar-refractivity contribution in [1.29, 1.82) is 0 Å². The molecule has 0 saturated heterocycles. The highest BCUT2D eigenvalue weighted by molar-refractivity contribution is 7.11. The summed E-state index contributed by atoms with van der Waals surface area (Å²) in [7, 11) is 0. The first-order valence-electron chi connectivity index (χ1n) is 6.68. The van der Waals surface area contributed by atoms with Gasteiger partial charge in [0.05, 0.1) is 0 Å². The van der Waals surface area contributed by atoms with E-state index in [0.29, 0.717) is 6.61 Å². The van der Waals surface area contributed by atoms with Gasteiger partial charge < -0.3 is 10.1 Å². The van der Waals surface area contributed by atoms with Gasteiger partial charge in [-0.15, -0.1) is 11.3 Å². The third kappa shape index (κ3) is 4.04. The van der Waals surface area contributed by atoms with Gasteiger partial charge in [0.25, 0.3) is 0 Å². The average Bonchev–Trinajstić information content (AvgIpc) is 2.91. The monoisotopic (exact) mass is 276 g/mol. The fourth-order valence-electron chi connectivity index (χ4n) is 1.82. The predicted octanol–water partition coefficient (Wildman–Crippen LogP) is 3.39. The van der Waals surface area contributed by atoms with Crippen molar-refractivity contribution in [3.63, 3.8) is 0 Å². The van der Waals surface area contributed by atoms with Crippen LogP contribution in [0.4, 0.5) is 0 Å². The summed E-state index contributed by atoms with van der Waals surface area (Å²) >= 11 is 1.71. The Morgan fingerprint density at radius 1 is 1.26 bits per heavy atom. The molecule has 0 atom stereocenters. The highest BCUT2D eigenvalue weighted by Gasteiger charge is 2.05. The zero-order valence-electron chi connectivity index (χ0n) is 11.5. The first-order chi connectivity index (χ1) is 9.33. The van der Waals surface area contributed by atoms with Gasteiger partial charge in [0.2, 0.25) is 0 Å². The molecule has 0 aliphatic heterocycles. The maximum Gasteiger partial charge on any atom is 0.140 e. The number of nitrogens with one attached hydrogen (secondary N) is 1. The molecule has 0 radical (unpaired) electrons. The van der Waals surface area contributed by atoms with Crippen molar-refractivity contribution in [1.82, 2.24) is 10.3 Å². The van der Waals surface area contributed by atoms with E-state index in [4.69, 9.17) is 4.74 Å². The molecule has 1 aromatic carbocycles. The molecule has 1 aromatic heterocycles. The summed E-state index contributed by atoms with van der Waals surface area (Å²) in [6.45, 7) is 6.66. The topological polar surface area (TPSA) is 34.2 Å². The second-order valence-electron chi connectivity index (χ2n) is 4.25. The number of para-hydroxylation sites is 1. The summed E-state index contributed by atoms with van der Waals surface area (Å²) in [6.07, 6.45) is 2.91. The standard InChI is InChI=1S/C15H20N2OS/c1-3-12-7-5-6-8-14(12)18-11-15-17-10-13(19-15)9-16-4-2/h5-8,10,16H,3-4,9,11H2,1-2H3. The van der Waals surface area contributed by atoms with Gasteiger partial charge in [-0.2, -0.15) is 0 Å². The van der Waals surface area contributed by atoms with Crippen LogP contribution >= 0.6 is 11.3 Å². The number of thiazole rings is 1. The largest absolute Gasteiger partial charge is 0.486 e. The number of rotatable bonds is 7. The maximum atomic E-state index is 5.86. The number of hydrogen-bond donors (Lipinski definition) is 1. The molecule has 0 aliphatic carbocycles. The lowest BCUT2D eigenvalue weighted by atomic mass is 10.1. The number of benzene rings is 1. The zero-order chi connectivity index (χ0) is 13.5. The van der Waals surface area contributed by atoms with Crippen molar-refractivity contribution in [3.8, 4) is 5.75 Å². The van der Waals surface area contributed by atoms with Gasteiger partial charge in [0.1, 0.15) is 17.4 Å². The van der Waals surface area contributed by atoms with Crippen molar-refractivity contribution in [3.05, 3.63) is 45.9 Å². The fraction of sp³-hybridized carbons (Fsp3) is 0.400. The fourth-order valence-corrected chi connectivity index (χ4v) is 2.63. The molecule has 2 rings (SSSR count). The van der Waals surface area contributed by atoms with Gasteiger partial charge >= 0.3 is 0 Å². The lowest BCUT2D eigenvalue weighted by Gasteiger charge is -2.08. The van der Waals surface area contributed by atoms with Gasteiger partial charge in [-0.3, -0.25) is 0 Å². The van der Waals surface area contributed by atoms with Crippen molar-refractivity contribution in [2.24, 2.45) is 0 Å². The van der Waals surface area contributed by atoms with Gasteiger partial charge in [-0.25, -0.2) is 4.98 Å². The molecular weight excluding hydrogens is 256 g/mol. The predicted molar refractivity (Wildman–Crippen MR) is 79.6 cm³/mol. The molecule has 19 heavy (non-hydrogen) atoms. The van der Waals surface area contributed by atoms with Crippen LogP contribution in [0.15, 0.2) is 30.5 Å². The van der Waals surface area contributed by atoms with Crippen LogP contribution in [0, 0.1) is 0 Å². The van der Waals surface area contributed by atoms with Gasteiger partial charge in [-0.05, 0) is 24.6 Å². The Bertz CT molecular complexity index is 510. The number of nitrogens with zero attached hydrogens (tertiary/aromatic N) is 1. The molecule has 0 unspecified atom stereocenters. The van der Waals surface area contributed by atoms with Crippen LogP contribution in [-0.4, -0.2) is 11.5 Å². The molecule has 2 aromatic rings. The Morgan fingerprint density at radius 2 is 2.11 bits per heavy atom. The summed E-state index contributed by atoms with van der Waals surface area (Å²) in [4.78, 5) is 5.65. The van der Waals surface area contributed by atoms with E-state index >= 15 is 0 Å². The van der Waals surface area contributed by atoms with E-state index in [1.54, 1.807) is 11.3 Å². The molecule has 1 heterocycles. The van der Waals surface area contributed by atoms with Crippen LogP contribution in [0.5, 0.6) is 5.75 Å². The smallest absolute Gasteiger partial charge is 0.140 e. The second kappa shape index (κ2) is 7.26. The minimum Gasteiger partial charge on any atom is -0.486 e. The van der Waals surface area contributed by atoms with Gasteiger partial charge in [0.15, 0.2) is 0 Å². The maximum absolute atomic E-state index is 5.86. The van der Waals surface area contributed by atoms with Crippen molar-refractivity contribution in [2.75, 3.05) is 6.54 Å². The molecule has 0 amide bonds. The molecule has 3 nitrogen and oxygen atoms in total. The van der Waals surface area contributed by atoms with Crippen LogP contribution in [0.3, 0.4) is 0 Å². The van der Waals surface area contributed by atoms with E-state index in [9.17, 15) is 0 Å². The van der Waals surface area contributed by atoms with E-state index in [1.807, 2.05) is 24.4 Å². The van der Waals surface area contributed by atoms with Gasteiger partial charge in [0, 0.05) is 17.6 Å². The number of ether oxygens (including phenoxy) is 1. The first kappa shape index (κ1) is 14.0. The quantitative estimate of drug-likeness (QED) is 0.841. The summed E-state index contributed by atoms with van der Waals surface area (Å²) in [5.41, 5.74) is 1.24. The minimum atomic E-state index is 0.549. The molecule has 102 valence electrons. The van der Waals surface area contributed by atoms with E-state index in [0.717, 1.165) is 30.3 Å². The molecule has 0 saturated carbocycles. The summed E-state index contributed by atoms with van der Waals surface area (Å²) in [5, 5.41) is 4.33. The third-order valence-electron chi connectivity index (χ3n) is 2.86. The first-order valence-corrected chi connectivity index (χ1v) is 7.50. The SMILES string of the molecule is CCNCc1cnc(COc2ccccc2CC)s1. The highest BCUT2D eigenvalue weighted by atomic mass is 32.1.